The molecule has 0 aliphatic heterocycles. The predicted molar refractivity (Wildman–Crippen MR) is 64.9 cm³/mol. The molecule has 2 rings (SSSR count). The van der Waals surface area contributed by atoms with Gasteiger partial charge in [0.15, 0.2) is 0 Å². The Hall–Kier alpha value is -1.57. The molecule has 2 aromatic heterocycles. The fourth-order valence-electron chi connectivity index (χ4n) is 1.85. The molecule has 0 saturated heterocycles. The van der Waals surface area contributed by atoms with Gasteiger partial charge in [0, 0.05) is 22.2 Å². The maximum atomic E-state index is 4.33. The van der Waals surface area contributed by atoms with Crippen LogP contribution in [-0.4, -0.2) is 9.97 Å². The number of aromatic nitrogens is 2. The Morgan fingerprint density at radius 3 is 2.80 bits per heavy atom. The third-order valence-corrected chi connectivity index (χ3v) is 2.46. The first-order valence-corrected chi connectivity index (χ1v) is 5.50. The highest BCUT2D eigenvalue weighted by Gasteiger charge is 1.98. The summed E-state index contributed by atoms with van der Waals surface area (Å²) in [5.41, 5.74) is 0.983. The van der Waals surface area contributed by atoms with Gasteiger partial charge in [-0.1, -0.05) is 26.0 Å². The van der Waals surface area contributed by atoms with E-state index in [1.165, 1.54) is 16.0 Å². The van der Waals surface area contributed by atoms with E-state index < -0.39 is 0 Å². The largest absolute Gasteiger partial charge is 0.339 e. The molecule has 0 unspecified atom stereocenters. The average Bonchev–Trinajstić information content (AvgIpc) is 2.59. The summed E-state index contributed by atoms with van der Waals surface area (Å²) < 4.78 is 0. The molecule has 0 bridgehead atoms. The summed E-state index contributed by atoms with van der Waals surface area (Å²) >= 11 is 0. The van der Waals surface area contributed by atoms with Crippen LogP contribution >= 0.6 is 0 Å². The van der Waals surface area contributed by atoms with Crippen LogP contribution in [0, 0.1) is 0 Å². The van der Waals surface area contributed by atoms with Crippen LogP contribution in [0.4, 0.5) is 0 Å². The van der Waals surface area contributed by atoms with Gasteiger partial charge in [-0.05, 0) is 25.0 Å². The smallest absolute Gasteiger partial charge is 0.138 e. The third-order valence-electron chi connectivity index (χ3n) is 2.46. The van der Waals surface area contributed by atoms with Gasteiger partial charge in [0.1, 0.15) is 5.65 Å². The van der Waals surface area contributed by atoms with Gasteiger partial charge in [0.05, 0.1) is 0 Å². The van der Waals surface area contributed by atoms with E-state index in [0.29, 0.717) is 0 Å². The lowest BCUT2D eigenvalue weighted by molar-refractivity contribution is 1.22. The van der Waals surface area contributed by atoms with Crippen LogP contribution < -0.4 is 10.6 Å². The fraction of sp³-hybridized carbons (Fsp3) is 0.308. The van der Waals surface area contributed by atoms with Gasteiger partial charge >= 0.3 is 0 Å². The highest BCUT2D eigenvalue weighted by Crippen LogP contribution is 2.00. The van der Waals surface area contributed by atoms with Crippen LogP contribution in [0.25, 0.3) is 23.2 Å². The molecule has 0 amide bonds. The zero-order valence-corrected chi connectivity index (χ0v) is 9.25. The van der Waals surface area contributed by atoms with E-state index in [4.69, 9.17) is 0 Å². The van der Waals surface area contributed by atoms with Crippen molar-refractivity contribution >= 4 is 23.2 Å². The molecule has 78 valence electrons. The van der Waals surface area contributed by atoms with Crippen molar-refractivity contribution in [2.45, 2.75) is 26.7 Å². The van der Waals surface area contributed by atoms with Gasteiger partial charge < -0.3 is 4.98 Å². The van der Waals surface area contributed by atoms with Crippen molar-refractivity contribution < 1.29 is 0 Å². The highest BCUT2D eigenvalue weighted by molar-refractivity contribution is 5.77. The van der Waals surface area contributed by atoms with Crippen LogP contribution in [0.15, 0.2) is 18.3 Å². The molecule has 2 aromatic rings. The van der Waals surface area contributed by atoms with Crippen LogP contribution in [-0.2, 0) is 0 Å². The molecule has 0 fully saturated rings. The Bertz CT molecular complexity index is 564. The van der Waals surface area contributed by atoms with E-state index in [1.54, 1.807) is 0 Å². The SMILES string of the molecule is CC/C=c1\c(=C/CC)[nH]c2ncccc12. The maximum absolute atomic E-state index is 4.33. The number of rotatable bonds is 2. The second kappa shape index (κ2) is 4.30. The molecule has 2 heteroatoms. The van der Waals surface area contributed by atoms with Crippen LogP contribution in [0.3, 0.4) is 0 Å². The summed E-state index contributed by atoms with van der Waals surface area (Å²) in [6.07, 6.45) is 8.37. The second-order valence-electron chi connectivity index (χ2n) is 3.58. The van der Waals surface area contributed by atoms with Crippen molar-refractivity contribution in [1.29, 1.82) is 0 Å². The zero-order valence-electron chi connectivity index (χ0n) is 9.25. The third kappa shape index (κ3) is 1.80. The lowest BCUT2D eigenvalue weighted by atomic mass is 10.2. The molecule has 0 spiro atoms. The Morgan fingerprint density at radius 1 is 1.27 bits per heavy atom. The number of aromatic amines is 1. The Labute approximate surface area is 89.4 Å². The summed E-state index contributed by atoms with van der Waals surface area (Å²) in [5, 5.41) is 3.72. The number of nitrogens with zero attached hydrogens (tertiary/aromatic N) is 1. The number of hydrogen-bond acceptors (Lipinski definition) is 1. The van der Waals surface area contributed by atoms with Gasteiger partial charge in [-0.15, -0.1) is 0 Å². The molecule has 0 aromatic carbocycles. The summed E-state index contributed by atoms with van der Waals surface area (Å²) in [6.45, 7) is 4.31. The lowest BCUT2D eigenvalue weighted by Gasteiger charge is -1.85. The van der Waals surface area contributed by atoms with Crippen LogP contribution in [0.1, 0.15) is 26.7 Å². The van der Waals surface area contributed by atoms with Crippen molar-refractivity contribution in [3.05, 3.63) is 28.9 Å². The van der Waals surface area contributed by atoms with Crippen molar-refractivity contribution in [2.75, 3.05) is 0 Å². The molecular formula is C13H16N2. The minimum atomic E-state index is 0.983. The first kappa shape index (κ1) is 9.97. The summed E-state index contributed by atoms with van der Waals surface area (Å²) in [7, 11) is 0. The van der Waals surface area contributed by atoms with E-state index in [2.05, 4.69) is 42.0 Å². The average molecular weight is 200 g/mol. The van der Waals surface area contributed by atoms with Gasteiger partial charge in [-0.25, -0.2) is 4.98 Å². The summed E-state index contributed by atoms with van der Waals surface area (Å²) in [5.74, 6) is 0. The van der Waals surface area contributed by atoms with E-state index in [1.807, 2.05) is 12.3 Å². The molecular weight excluding hydrogens is 184 g/mol. The highest BCUT2D eigenvalue weighted by atomic mass is 14.8. The monoisotopic (exact) mass is 200 g/mol. The van der Waals surface area contributed by atoms with E-state index in [0.717, 1.165) is 18.5 Å². The van der Waals surface area contributed by atoms with E-state index >= 15 is 0 Å². The maximum Gasteiger partial charge on any atom is 0.138 e. The second-order valence-corrected chi connectivity index (χ2v) is 3.58. The number of hydrogen-bond donors (Lipinski definition) is 1. The molecule has 2 nitrogen and oxygen atoms in total. The number of nitrogens with one attached hydrogen (secondary N) is 1. The molecule has 2 heterocycles. The molecule has 0 aliphatic rings. The Morgan fingerprint density at radius 2 is 2.07 bits per heavy atom. The first-order valence-electron chi connectivity index (χ1n) is 5.50. The first-order chi connectivity index (χ1) is 7.36. The van der Waals surface area contributed by atoms with Crippen molar-refractivity contribution in [3.8, 4) is 0 Å². The van der Waals surface area contributed by atoms with Crippen molar-refractivity contribution in [2.24, 2.45) is 0 Å². The predicted octanol–water partition coefficient (Wildman–Crippen LogP) is 1.94. The molecule has 0 aliphatic carbocycles. The molecule has 0 atom stereocenters. The minimum Gasteiger partial charge on any atom is -0.339 e. The number of fused-ring (bicyclic) bond motifs is 1. The number of H-pyrrole nitrogens is 1. The van der Waals surface area contributed by atoms with Crippen molar-refractivity contribution in [1.82, 2.24) is 9.97 Å². The zero-order chi connectivity index (χ0) is 10.7. The molecule has 1 N–H and O–H groups in total. The van der Waals surface area contributed by atoms with Crippen LogP contribution in [0.5, 0.6) is 0 Å². The van der Waals surface area contributed by atoms with Gasteiger partial charge in [-0.2, -0.15) is 0 Å². The molecule has 0 radical (unpaired) electrons. The number of pyridine rings is 1. The van der Waals surface area contributed by atoms with E-state index in [-0.39, 0.29) is 0 Å². The normalized spacial score (nSPS) is 14.0. The molecule has 15 heavy (non-hydrogen) atoms. The minimum absolute atomic E-state index is 0.983. The van der Waals surface area contributed by atoms with Gasteiger partial charge in [0.2, 0.25) is 0 Å². The van der Waals surface area contributed by atoms with Gasteiger partial charge in [0.25, 0.3) is 0 Å². The molecule has 0 saturated carbocycles. The van der Waals surface area contributed by atoms with Gasteiger partial charge in [-0.3, -0.25) is 0 Å². The van der Waals surface area contributed by atoms with Crippen LogP contribution in [0.2, 0.25) is 0 Å². The summed E-state index contributed by atoms with van der Waals surface area (Å²) in [4.78, 5) is 7.68. The summed E-state index contributed by atoms with van der Waals surface area (Å²) in [6, 6.07) is 4.10. The Kier molecular flexibility index (Phi) is 2.86. The van der Waals surface area contributed by atoms with E-state index in [9.17, 15) is 0 Å². The standard InChI is InChI=1S/C13H16N2/c1-3-6-10-11-8-5-9-14-13(11)15-12(10)7-4-2/h5-9H,3-4H2,1-2H3,(H,14,15)/b10-6-,12-7+. The topological polar surface area (TPSA) is 28.7 Å². The lowest BCUT2D eigenvalue weighted by Crippen LogP contribution is -2.22. The fourth-order valence-corrected chi connectivity index (χ4v) is 1.85. The van der Waals surface area contributed by atoms with Crippen molar-refractivity contribution in [3.63, 3.8) is 0 Å². The quantitative estimate of drug-likeness (QED) is 0.788. The Balaban J connectivity index is 2.87.